The minimum Gasteiger partial charge on any atom is -0.0942 e. The Morgan fingerprint density at radius 3 is 0.576 bits per heavy atom. The van der Waals surface area contributed by atoms with E-state index in [0.29, 0.717) is 44.3 Å². The largest absolute Gasteiger partial charge is 0.0942 e. The first-order chi connectivity index (χ1) is 57.2. The lowest BCUT2D eigenvalue weighted by Gasteiger charge is -2.60. The van der Waals surface area contributed by atoms with Crippen LogP contribution in [-0.2, 0) is 0 Å². The third-order valence-electron chi connectivity index (χ3n) is 36.6. The van der Waals surface area contributed by atoms with Gasteiger partial charge >= 0.3 is 0 Å². The van der Waals surface area contributed by atoms with Gasteiger partial charge in [0.15, 0.2) is 0 Å². The molecule has 6 unspecified atom stereocenters. The highest BCUT2D eigenvalue weighted by Crippen LogP contribution is 2.79. The second kappa shape index (κ2) is 40.3. The van der Waals surface area contributed by atoms with Gasteiger partial charge in [-0.25, -0.2) is 0 Å². The number of allylic oxidation sites excluding steroid dienone is 4. The zero-order valence-corrected chi connectivity index (χ0v) is 83.0. The van der Waals surface area contributed by atoms with E-state index in [1.54, 1.807) is 173 Å². The van der Waals surface area contributed by atoms with Crippen molar-refractivity contribution in [1.29, 1.82) is 0 Å². The van der Waals surface area contributed by atoms with E-state index in [1.165, 1.54) is 143 Å². The molecule has 0 aromatic heterocycles. The van der Waals surface area contributed by atoms with Crippen LogP contribution in [0.2, 0.25) is 0 Å². The molecule has 12 atom stereocenters. The van der Waals surface area contributed by atoms with Gasteiger partial charge in [-0.05, 0) is 326 Å². The minimum absolute atomic E-state index is 0.0882. The fourth-order valence-corrected chi connectivity index (χ4v) is 59.3. The SMILES string of the molecule is CC(C)([C@H]1C2C=CC(C2)[C@@H]1C(C)(C)P(C1CCCCC1)C1CCCCC1)P(C1CCCCC1)C1CCCCC1.CC(C)([C@H]1C2C=CC(CC2)[C@@H]1C(C)(C)P(c1ccccc1)c1ccccc1)P(c1ccccc1)c1ccccc1.CC(C)([C@H]1C2CCC(C2)[C@@H]1C(C)(C)P(C1CCCCC1)C1CCCCC1)P(C1CCCCC1)C1CCCCC1. The molecule has 4 aromatic rings. The normalized spacial score (nSPS) is 30.6. The molecule has 0 nitrogen and oxygen atoms in total. The third kappa shape index (κ3) is 19.2. The monoisotopic (exact) mass is 1700 g/mol. The highest BCUT2D eigenvalue weighted by molar-refractivity contribution is 7.75. The van der Waals surface area contributed by atoms with Crippen LogP contribution in [-0.4, -0.2) is 76.2 Å². The first kappa shape index (κ1) is 90.3. The van der Waals surface area contributed by atoms with Gasteiger partial charge in [0.2, 0.25) is 0 Å². The number of benzene rings is 4. The average Bonchev–Trinajstić information content (AvgIpc) is 1.40. The first-order valence-corrected chi connectivity index (χ1v) is 60.1. The summed E-state index contributed by atoms with van der Waals surface area (Å²) in [6.07, 6.45) is 81.9. The summed E-state index contributed by atoms with van der Waals surface area (Å²) in [4.78, 5) is 0. The van der Waals surface area contributed by atoms with E-state index in [2.05, 4.69) is 229 Å². The lowest BCUT2D eigenvalue weighted by molar-refractivity contribution is 0.0708. The van der Waals surface area contributed by atoms with E-state index in [1.807, 2.05) is 0 Å². The van der Waals surface area contributed by atoms with Crippen molar-refractivity contribution in [3.8, 4) is 0 Å². The van der Waals surface area contributed by atoms with E-state index < -0.39 is 15.8 Å². The quantitative estimate of drug-likeness (QED) is 0.0484. The average molecular weight is 1700 g/mol. The maximum absolute atomic E-state index is 2.92. The summed E-state index contributed by atoms with van der Waals surface area (Å²) in [5, 5.41) is 8.56. The standard InChI is InChI=1S/C38H42P2.C37H66P2.C37H64P2/c1-37(2,39(31-17-9-5-10-18-31)32-19-11-6-12-20-32)35-29-25-27-30(28-26-29)36(35)38(3,4)40(33-21-13-7-14-22-33)34-23-15-8-16-24-34;2*1-36(2,38(30-17-9-5-10-18-30)31-19-11-6-12-20-31)34-28-25-26-29(27-28)35(34)37(3,4)39(32-21-13-7-14-22-32)33-23-15-8-16-24-33/h5-25,27,29-30,35-36H,26,28H2,1-4H3;28-35H,5-27H2,1-4H3;25-26,28-35H,5-24,27H2,1-4H3/t29?,30?,35-,36-;2*28?,29?,34-,35-/m000/s1. The summed E-state index contributed by atoms with van der Waals surface area (Å²) < 4.78 is 0. The second-order valence-corrected chi connectivity index (χ2v) is 65.0. The molecular formula is C112H172P6. The number of hydrogen-bond donors (Lipinski definition) is 0. The molecule has 6 heteroatoms. The molecule has 118 heavy (non-hydrogen) atoms. The molecule has 0 amide bonds. The summed E-state index contributed by atoms with van der Waals surface area (Å²) in [6.45, 7) is 33.7. The van der Waals surface area contributed by atoms with Crippen LogP contribution in [0.15, 0.2) is 146 Å². The molecule has 650 valence electrons. The fraction of sp³-hybridized carbons (Fsp3) is 0.750. The summed E-state index contributed by atoms with van der Waals surface area (Å²) >= 11 is 0. The zero-order valence-electron chi connectivity index (χ0n) is 77.6. The number of rotatable bonds is 24. The third-order valence-corrected chi connectivity index (χ3v) is 59.7. The van der Waals surface area contributed by atoms with Gasteiger partial charge in [0.25, 0.3) is 0 Å². The fourth-order valence-electron chi connectivity index (χ4n) is 32.7. The van der Waals surface area contributed by atoms with Crippen LogP contribution in [0.4, 0.5) is 0 Å². The molecule has 12 fully saturated rings. The van der Waals surface area contributed by atoms with Crippen LogP contribution < -0.4 is 21.2 Å². The van der Waals surface area contributed by atoms with Crippen LogP contribution in [0.25, 0.3) is 0 Å². The van der Waals surface area contributed by atoms with Crippen LogP contribution >= 0.6 is 47.5 Å². The molecule has 0 N–H and O–H groups in total. The Bertz CT molecular complexity index is 3340. The molecular weight excluding hydrogens is 1530 g/mol. The maximum Gasteiger partial charge on any atom is -0.00339 e. The summed E-state index contributed by atoms with van der Waals surface area (Å²) in [5.74, 6) is 10.4. The lowest BCUT2D eigenvalue weighted by Crippen LogP contribution is -2.56. The van der Waals surface area contributed by atoms with Crippen molar-refractivity contribution >= 4 is 68.7 Å². The number of hydrogen-bond acceptors (Lipinski definition) is 0. The molecule has 0 aliphatic heterocycles. The van der Waals surface area contributed by atoms with Gasteiger partial charge < -0.3 is 0 Å². The van der Waals surface area contributed by atoms with Crippen molar-refractivity contribution in [1.82, 2.24) is 0 Å². The molecule has 4 aromatic carbocycles. The van der Waals surface area contributed by atoms with Gasteiger partial charge in [0, 0.05) is 0 Å². The molecule has 6 bridgehead atoms. The molecule has 19 rings (SSSR count). The molecule has 0 saturated heterocycles. The van der Waals surface area contributed by atoms with E-state index in [4.69, 9.17) is 0 Å². The summed E-state index contributed by atoms with van der Waals surface area (Å²) in [7, 11) is -0.693. The Morgan fingerprint density at radius 2 is 0.373 bits per heavy atom. The Hall–Kier alpha value is -1.06. The van der Waals surface area contributed by atoms with E-state index in [-0.39, 0.29) is 42.0 Å². The zero-order chi connectivity index (χ0) is 81.8. The van der Waals surface area contributed by atoms with Crippen molar-refractivity contribution in [3.63, 3.8) is 0 Å². The van der Waals surface area contributed by atoms with Crippen LogP contribution in [0.1, 0.15) is 378 Å². The minimum atomic E-state index is -0.557. The molecule has 15 aliphatic rings. The molecule has 0 spiro atoms. The topological polar surface area (TPSA) is 0 Å². The van der Waals surface area contributed by atoms with Gasteiger partial charge in [-0.15, -0.1) is 0 Å². The highest BCUT2D eigenvalue weighted by atomic mass is 31.1. The van der Waals surface area contributed by atoms with Crippen molar-refractivity contribution in [3.05, 3.63) is 146 Å². The Kier molecular flexibility index (Phi) is 30.8. The highest BCUT2D eigenvalue weighted by Gasteiger charge is 2.65. The number of fused-ring (bicyclic) bond motifs is 6. The molecule has 0 radical (unpaired) electrons. The molecule has 12 saturated carbocycles. The first-order valence-electron chi connectivity index (χ1n) is 51.5. The second-order valence-electron chi connectivity index (χ2n) is 45.6. The van der Waals surface area contributed by atoms with E-state index in [9.17, 15) is 0 Å². The van der Waals surface area contributed by atoms with Gasteiger partial charge in [-0.2, -0.15) is 0 Å². The summed E-state index contributed by atoms with van der Waals surface area (Å²) in [6, 6.07) is 45.7. The van der Waals surface area contributed by atoms with Crippen LogP contribution in [0, 0.1) is 71.0 Å². The van der Waals surface area contributed by atoms with Crippen molar-refractivity contribution < 1.29 is 0 Å². The van der Waals surface area contributed by atoms with Crippen molar-refractivity contribution in [2.75, 3.05) is 0 Å². The molecule has 15 aliphatic carbocycles. The maximum atomic E-state index is 2.92. The van der Waals surface area contributed by atoms with Crippen molar-refractivity contribution in [2.24, 2.45) is 71.0 Å². The predicted octanol–water partition coefficient (Wildman–Crippen LogP) is 33.4. The molecule has 0 heterocycles. The van der Waals surface area contributed by atoms with Gasteiger partial charge in [0.1, 0.15) is 0 Å². The van der Waals surface area contributed by atoms with Crippen molar-refractivity contribution in [2.45, 2.75) is 455 Å². The van der Waals surface area contributed by atoms with Crippen LogP contribution in [0.3, 0.4) is 0 Å². The predicted molar refractivity (Wildman–Crippen MR) is 533 cm³/mol. The Morgan fingerprint density at radius 1 is 0.186 bits per heavy atom. The van der Waals surface area contributed by atoms with Crippen LogP contribution in [0.5, 0.6) is 0 Å². The Labute approximate surface area is 734 Å². The van der Waals surface area contributed by atoms with Gasteiger partial charge in [-0.1, -0.05) is 415 Å². The summed E-state index contributed by atoms with van der Waals surface area (Å²) in [5.41, 5.74) is 8.74. The van der Waals surface area contributed by atoms with Gasteiger partial charge in [-0.3, -0.25) is 0 Å². The van der Waals surface area contributed by atoms with E-state index in [0.717, 1.165) is 92.6 Å². The smallest absolute Gasteiger partial charge is 0.00339 e. The van der Waals surface area contributed by atoms with E-state index >= 15 is 0 Å². The Balaban J connectivity index is 0.000000132. The van der Waals surface area contributed by atoms with Gasteiger partial charge in [0.05, 0.1) is 0 Å². The lowest BCUT2D eigenvalue weighted by atomic mass is 9.55.